The minimum atomic E-state index is 1.03. The molecule has 2 aromatic rings. The molecule has 16 heavy (non-hydrogen) atoms. The van der Waals surface area contributed by atoms with E-state index in [4.69, 9.17) is 0 Å². The summed E-state index contributed by atoms with van der Waals surface area (Å²) in [7, 11) is 0. The normalized spacial score (nSPS) is 11.4. The lowest BCUT2D eigenvalue weighted by molar-refractivity contribution is 0.307. The summed E-state index contributed by atoms with van der Waals surface area (Å²) in [6.45, 7) is 7.73. The zero-order valence-electron chi connectivity index (χ0n) is 10.1. The minimum Gasteiger partial charge on any atom is -0.307 e. The average Bonchev–Trinajstić information content (AvgIpc) is 2.73. The molecule has 0 radical (unpaired) electrons. The molecule has 0 N–H and O–H groups in total. The van der Waals surface area contributed by atoms with Gasteiger partial charge in [-0.2, -0.15) is 0 Å². The van der Waals surface area contributed by atoms with E-state index < -0.39 is 0 Å². The third-order valence-electron chi connectivity index (χ3n) is 2.99. The van der Waals surface area contributed by atoms with Crippen molar-refractivity contribution >= 4 is 5.65 Å². The standard InChI is InChI=1S/C13H19N3/c1-3-15(4-2)10-8-12-11-16-9-6-5-7-13(16)14-12/h5-7,9,11H,3-4,8,10H2,1-2H3. The van der Waals surface area contributed by atoms with Crippen molar-refractivity contribution in [2.24, 2.45) is 0 Å². The summed E-state index contributed by atoms with van der Waals surface area (Å²) < 4.78 is 2.08. The highest BCUT2D eigenvalue weighted by Gasteiger charge is 2.03. The van der Waals surface area contributed by atoms with Gasteiger partial charge in [0.15, 0.2) is 0 Å². The molecular formula is C13H19N3. The summed E-state index contributed by atoms with van der Waals surface area (Å²) in [5.41, 5.74) is 2.22. The topological polar surface area (TPSA) is 20.5 Å². The van der Waals surface area contributed by atoms with Gasteiger partial charge in [-0.25, -0.2) is 4.98 Å². The molecule has 3 heteroatoms. The predicted molar refractivity (Wildman–Crippen MR) is 66.7 cm³/mol. The highest BCUT2D eigenvalue weighted by molar-refractivity contribution is 5.39. The molecule has 0 spiro atoms. The molecule has 2 rings (SSSR count). The highest BCUT2D eigenvalue weighted by atomic mass is 15.1. The average molecular weight is 217 g/mol. The highest BCUT2D eigenvalue weighted by Crippen LogP contribution is 2.05. The Morgan fingerprint density at radius 3 is 2.75 bits per heavy atom. The number of pyridine rings is 1. The number of nitrogens with zero attached hydrogens (tertiary/aromatic N) is 3. The number of hydrogen-bond donors (Lipinski definition) is 0. The van der Waals surface area contributed by atoms with Crippen molar-refractivity contribution in [1.29, 1.82) is 0 Å². The number of hydrogen-bond acceptors (Lipinski definition) is 2. The number of fused-ring (bicyclic) bond motifs is 1. The van der Waals surface area contributed by atoms with Crippen LogP contribution in [0.1, 0.15) is 19.5 Å². The van der Waals surface area contributed by atoms with Gasteiger partial charge in [-0.1, -0.05) is 19.9 Å². The number of aromatic nitrogens is 2. The van der Waals surface area contributed by atoms with Gasteiger partial charge in [0.2, 0.25) is 0 Å². The molecule has 0 saturated carbocycles. The maximum atomic E-state index is 4.59. The van der Waals surface area contributed by atoms with E-state index in [1.807, 2.05) is 24.4 Å². The van der Waals surface area contributed by atoms with Crippen LogP contribution in [0.15, 0.2) is 30.6 Å². The van der Waals surface area contributed by atoms with Crippen molar-refractivity contribution < 1.29 is 0 Å². The number of likely N-dealkylation sites (N-methyl/N-ethyl adjacent to an activating group) is 1. The Hall–Kier alpha value is -1.35. The predicted octanol–water partition coefficient (Wildman–Crippen LogP) is 2.22. The van der Waals surface area contributed by atoms with Gasteiger partial charge in [0.05, 0.1) is 5.69 Å². The van der Waals surface area contributed by atoms with Gasteiger partial charge in [-0.15, -0.1) is 0 Å². The smallest absolute Gasteiger partial charge is 0.136 e. The van der Waals surface area contributed by atoms with E-state index in [1.54, 1.807) is 0 Å². The van der Waals surface area contributed by atoms with Crippen LogP contribution < -0.4 is 0 Å². The van der Waals surface area contributed by atoms with E-state index >= 15 is 0 Å². The maximum absolute atomic E-state index is 4.59. The first-order chi connectivity index (χ1) is 7.83. The molecule has 0 atom stereocenters. The van der Waals surface area contributed by atoms with Crippen LogP contribution >= 0.6 is 0 Å². The van der Waals surface area contributed by atoms with Gasteiger partial charge in [-0.05, 0) is 25.2 Å². The van der Waals surface area contributed by atoms with Crippen LogP contribution in [-0.4, -0.2) is 33.9 Å². The van der Waals surface area contributed by atoms with Crippen LogP contribution in [0.2, 0.25) is 0 Å². The Kier molecular flexibility index (Phi) is 3.57. The molecule has 0 unspecified atom stereocenters. The second-order valence-corrected chi connectivity index (χ2v) is 3.98. The van der Waals surface area contributed by atoms with Crippen molar-refractivity contribution in [3.8, 4) is 0 Å². The molecule has 2 heterocycles. The molecule has 0 bridgehead atoms. The molecular weight excluding hydrogens is 198 g/mol. The summed E-state index contributed by atoms with van der Waals surface area (Å²) >= 11 is 0. The quantitative estimate of drug-likeness (QED) is 0.765. The van der Waals surface area contributed by atoms with Crippen molar-refractivity contribution in [1.82, 2.24) is 14.3 Å². The number of rotatable bonds is 5. The third-order valence-corrected chi connectivity index (χ3v) is 2.99. The molecule has 0 aliphatic rings. The van der Waals surface area contributed by atoms with Crippen molar-refractivity contribution in [2.45, 2.75) is 20.3 Å². The lowest BCUT2D eigenvalue weighted by atomic mass is 10.3. The largest absolute Gasteiger partial charge is 0.307 e. The van der Waals surface area contributed by atoms with Crippen molar-refractivity contribution in [2.75, 3.05) is 19.6 Å². The lowest BCUT2D eigenvalue weighted by Crippen LogP contribution is -2.25. The second kappa shape index (κ2) is 5.12. The zero-order valence-corrected chi connectivity index (χ0v) is 10.1. The van der Waals surface area contributed by atoms with Gasteiger partial charge in [0.25, 0.3) is 0 Å². The summed E-state index contributed by atoms with van der Waals surface area (Å²) in [5.74, 6) is 0. The fourth-order valence-electron chi connectivity index (χ4n) is 1.92. The lowest BCUT2D eigenvalue weighted by Gasteiger charge is -2.16. The van der Waals surface area contributed by atoms with Crippen LogP contribution in [0.25, 0.3) is 5.65 Å². The molecule has 0 aromatic carbocycles. The van der Waals surface area contributed by atoms with E-state index in [0.29, 0.717) is 0 Å². The second-order valence-electron chi connectivity index (χ2n) is 3.98. The van der Waals surface area contributed by atoms with Crippen LogP contribution in [0.3, 0.4) is 0 Å². The Labute approximate surface area is 96.7 Å². The van der Waals surface area contributed by atoms with Gasteiger partial charge in [0, 0.05) is 25.4 Å². The van der Waals surface area contributed by atoms with Gasteiger partial charge < -0.3 is 9.30 Å². The van der Waals surface area contributed by atoms with E-state index in [0.717, 1.165) is 31.7 Å². The first-order valence-corrected chi connectivity index (χ1v) is 5.98. The Balaban J connectivity index is 2.04. The van der Waals surface area contributed by atoms with E-state index in [-0.39, 0.29) is 0 Å². The molecule has 0 saturated heterocycles. The molecule has 0 aliphatic heterocycles. The van der Waals surface area contributed by atoms with Crippen LogP contribution in [0.5, 0.6) is 0 Å². The first kappa shape index (κ1) is 11.1. The van der Waals surface area contributed by atoms with E-state index in [2.05, 4.69) is 34.3 Å². The monoisotopic (exact) mass is 217 g/mol. The molecule has 0 fully saturated rings. The number of imidazole rings is 1. The van der Waals surface area contributed by atoms with Gasteiger partial charge in [-0.3, -0.25) is 0 Å². The van der Waals surface area contributed by atoms with Crippen LogP contribution in [0.4, 0.5) is 0 Å². The summed E-state index contributed by atoms with van der Waals surface area (Å²) in [5, 5.41) is 0. The third kappa shape index (κ3) is 2.42. The zero-order chi connectivity index (χ0) is 11.4. The minimum absolute atomic E-state index is 1.03. The Bertz CT molecular complexity index is 410. The SMILES string of the molecule is CCN(CC)CCc1cn2ccccc2n1. The summed E-state index contributed by atoms with van der Waals surface area (Å²) in [6.07, 6.45) is 5.20. The molecule has 0 amide bonds. The van der Waals surface area contributed by atoms with Crippen molar-refractivity contribution in [3.05, 3.63) is 36.3 Å². The first-order valence-electron chi connectivity index (χ1n) is 5.98. The Morgan fingerprint density at radius 2 is 2.06 bits per heavy atom. The molecule has 3 nitrogen and oxygen atoms in total. The Morgan fingerprint density at radius 1 is 1.25 bits per heavy atom. The fourth-order valence-corrected chi connectivity index (χ4v) is 1.92. The fraction of sp³-hybridized carbons (Fsp3) is 0.462. The van der Waals surface area contributed by atoms with Gasteiger partial charge in [0.1, 0.15) is 5.65 Å². The van der Waals surface area contributed by atoms with E-state index in [1.165, 1.54) is 5.69 Å². The van der Waals surface area contributed by atoms with Crippen molar-refractivity contribution in [3.63, 3.8) is 0 Å². The maximum Gasteiger partial charge on any atom is 0.136 e. The summed E-state index contributed by atoms with van der Waals surface area (Å²) in [6, 6.07) is 6.10. The van der Waals surface area contributed by atoms with Gasteiger partial charge >= 0.3 is 0 Å². The molecule has 0 aliphatic carbocycles. The molecule has 86 valence electrons. The summed E-state index contributed by atoms with van der Waals surface area (Å²) in [4.78, 5) is 7.01. The van der Waals surface area contributed by atoms with Crippen LogP contribution in [-0.2, 0) is 6.42 Å². The molecule has 2 aromatic heterocycles. The van der Waals surface area contributed by atoms with E-state index in [9.17, 15) is 0 Å². The van der Waals surface area contributed by atoms with Crippen LogP contribution in [0, 0.1) is 0 Å².